The molecule has 1 heterocycles. The Labute approximate surface area is 107 Å². The van der Waals surface area contributed by atoms with Crippen molar-refractivity contribution < 1.29 is 8.42 Å². The van der Waals surface area contributed by atoms with Crippen LogP contribution in [0.4, 0.5) is 0 Å². The van der Waals surface area contributed by atoms with Gasteiger partial charge in [0.15, 0.2) is 5.25 Å². The molecule has 0 N–H and O–H groups in total. The first kappa shape index (κ1) is 14.2. The van der Waals surface area contributed by atoms with Crippen LogP contribution < -0.4 is 0 Å². The molecule has 4 nitrogen and oxygen atoms in total. The minimum atomic E-state index is -3.51. The van der Waals surface area contributed by atoms with Gasteiger partial charge in [-0.3, -0.25) is 0 Å². The van der Waals surface area contributed by atoms with Crippen LogP contribution in [0.15, 0.2) is 17.5 Å². The van der Waals surface area contributed by atoms with Crippen LogP contribution >= 0.6 is 11.3 Å². The number of nitrogens with zero attached hydrogens (tertiary/aromatic N) is 2. The van der Waals surface area contributed by atoms with E-state index in [-0.39, 0.29) is 6.04 Å². The predicted molar refractivity (Wildman–Crippen MR) is 69.2 cm³/mol. The summed E-state index contributed by atoms with van der Waals surface area (Å²) >= 11 is 1.61. The molecule has 0 saturated carbocycles. The maximum absolute atomic E-state index is 11.9. The molecule has 2 atom stereocenters. The maximum atomic E-state index is 11.9. The van der Waals surface area contributed by atoms with E-state index in [1.807, 2.05) is 24.4 Å². The van der Waals surface area contributed by atoms with Gasteiger partial charge in [-0.05, 0) is 31.7 Å². The van der Waals surface area contributed by atoms with Crippen LogP contribution in [-0.4, -0.2) is 31.1 Å². The molecule has 1 aromatic heterocycles. The van der Waals surface area contributed by atoms with E-state index in [1.54, 1.807) is 17.4 Å². The molecule has 17 heavy (non-hydrogen) atoms. The number of rotatable bonds is 5. The van der Waals surface area contributed by atoms with E-state index >= 15 is 0 Å². The van der Waals surface area contributed by atoms with Crippen molar-refractivity contribution >= 4 is 21.4 Å². The fourth-order valence-electron chi connectivity index (χ4n) is 1.42. The van der Waals surface area contributed by atoms with E-state index < -0.39 is 15.3 Å². The van der Waals surface area contributed by atoms with Gasteiger partial charge in [0.2, 0.25) is 10.0 Å². The highest BCUT2D eigenvalue weighted by molar-refractivity contribution is 7.89. The molecule has 1 rings (SSSR count). The van der Waals surface area contributed by atoms with Crippen molar-refractivity contribution in [2.24, 2.45) is 0 Å². The number of likely N-dealkylation sites (N-methyl/N-ethyl adjacent to an activating group) is 1. The summed E-state index contributed by atoms with van der Waals surface area (Å²) in [5, 5.41) is 9.67. The zero-order chi connectivity index (χ0) is 13.1. The standard InChI is InChI=1S/C11H16N2O2S2/c1-9(7-11-5-4-6-16-11)13(3)17(14,15)10(2)8-12/h4-6,9-10H,7H2,1-3H3. The molecule has 0 saturated heterocycles. The largest absolute Gasteiger partial charge is 0.230 e. The van der Waals surface area contributed by atoms with Crippen molar-refractivity contribution in [3.05, 3.63) is 22.4 Å². The molecule has 0 fully saturated rings. The molecule has 0 radical (unpaired) electrons. The van der Waals surface area contributed by atoms with Crippen molar-refractivity contribution in [2.75, 3.05) is 7.05 Å². The van der Waals surface area contributed by atoms with Crippen molar-refractivity contribution in [2.45, 2.75) is 31.6 Å². The zero-order valence-electron chi connectivity index (χ0n) is 10.1. The molecule has 94 valence electrons. The van der Waals surface area contributed by atoms with E-state index in [0.29, 0.717) is 6.42 Å². The monoisotopic (exact) mass is 272 g/mol. The van der Waals surface area contributed by atoms with Gasteiger partial charge in [-0.15, -0.1) is 11.3 Å². The highest BCUT2D eigenvalue weighted by atomic mass is 32.2. The van der Waals surface area contributed by atoms with E-state index in [2.05, 4.69) is 0 Å². The quantitative estimate of drug-likeness (QED) is 0.822. The van der Waals surface area contributed by atoms with Gasteiger partial charge in [0.1, 0.15) is 0 Å². The maximum Gasteiger partial charge on any atom is 0.230 e. The lowest BCUT2D eigenvalue weighted by Gasteiger charge is -2.24. The summed E-state index contributed by atoms with van der Waals surface area (Å²) in [6.07, 6.45) is 0.672. The molecule has 0 bridgehead atoms. The van der Waals surface area contributed by atoms with Crippen molar-refractivity contribution in [1.82, 2.24) is 4.31 Å². The summed E-state index contributed by atoms with van der Waals surface area (Å²) < 4.78 is 25.2. The molecule has 2 unspecified atom stereocenters. The molecule has 0 aliphatic heterocycles. The Bertz CT molecular complexity index is 488. The Hall–Kier alpha value is -0.900. The molecule has 0 amide bonds. The topological polar surface area (TPSA) is 61.2 Å². The molecule has 0 aliphatic rings. The van der Waals surface area contributed by atoms with Crippen molar-refractivity contribution in [3.8, 4) is 6.07 Å². The first-order valence-electron chi connectivity index (χ1n) is 5.28. The minimum Gasteiger partial charge on any atom is -0.211 e. The van der Waals surface area contributed by atoms with E-state index in [4.69, 9.17) is 5.26 Å². The number of nitriles is 1. The van der Waals surface area contributed by atoms with Gasteiger partial charge in [-0.2, -0.15) is 5.26 Å². The number of sulfonamides is 1. The van der Waals surface area contributed by atoms with Gasteiger partial charge in [0, 0.05) is 18.0 Å². The Balaban J connectivity index is 2.77. The first-order valence-corrected chi connectivity index (χ1v) is 7.66. The predicted octanol–water partition coefficient (Wildman–Crippen LogP) is 1.85. The number of hydrogen-bond donors (Lipinski definition) is 0. The van der Waals surface area contributed by atoms with Gasteiger partial charge in [-0.25, -0.2) is 12.7 Å². The average Bonchev–Trinajstić information content (AvgIpc) is 2.79. The average molecular weight is 272 g/mol. The molecule has 0 aliphatic carbocycles. The lowest BCUT2D eigenvalue weighted by atomic mass is 10.2. The fraction of sp³-hybridized carbons (Fsp3) is 0.545. The summed E-state index contributed by atoms with van der Waals surface area (Å²) in [4.78, 5) is 1.14. The Kier molecular flexibility index (Phi) is 4.69. The van der Waals surface area contributed by atoms with Crippen LogP contribution in [0.1, 0.15) is 18.7 Å². The van der Waals surface area contributed by atoms with E-state index in [0.717, 1.165) is 4.88 Å². The normalized spacial score (nSPS) is 15.5. The number of thiophene rings is 1. The second kappa shape index (κ2) is 5.63. The fourth-order valence-corrected chi connectivity index (χ4v) is 3.45. The molecule has 0 aromatic carbocycles. The van der Waals surface area contributed by atoms with Crippen LogP contribution in [0, 0.1) is 11.3 Å². The molecular formula is C11H16N2O2S2. The lowest BCUT2D eigenvalue weighted by Crippen LogP contribution is -2.40. The van der Waals surface area contributed by atoms with Crippen LogP contribution in [-0.2, 0) is 16.4 Å². The van der Waals surface area contributed by atoms with Gasteiger partial charge in [0.05, 0.1) is 6.07 Å². The summed E-state index contributed by atoms with van der Waals surface area (Å²) in [6.45, 7) is 3.26. The van der Waals surface area contributed by atoms with Crippen LogP contribution in [0.25, 0.3) is 0 Å². The second-order valence-electron chi connectivity index (χ2n) is 3.96. The number of hydrogen-bond acceptors (Lipinski definition) is 4. The molecule has 1 aromatic rings. The van der Waals surface area contributed by atoms with Gasteiger partial charge in [-0.1, -0.05) is 6.07 Å². The third-order valence-corrected chi connectivity index (χ3v) is 5.79. The van der Waals surface area contributed by atoms with Crippen molar-refractivity contribution in [3.63, 3.8) is 0 Å². The summed E-state index contributed by atoms with van der Waals surface area (Å²) in [5.41, 5.74) is 0. The lowest BCUT2D eigenvalue weighted by molar-refractivity contribution is 0.386. The Morgan fingerprint density at radius 3 is 2.65 bits per heavy atom. The highest BCUT2D eigenvalue weighted by Crippen LogP contribution is 2.17. The highest BCUT2D eigenvalue weighted by Gasteiger charge is 2.29. The third kappa shape index (κ3) is 3.28. The summed E-state index contributed by atoms with van der Waals surface area (Å²) in [7, 11) is -1.99. The third-order valence-electron chi connectivity index (χ3n) is 2.73. The van der Waals surface area contributed by atoms with Crippen LogP contribution in [0.2, 0.25) is 0 Å². The summed E-state index contributed by atoms with van der Waals surface area (Å²) in [5.74, 6) is 0. The smallest absolute Gasteiger partial charge is 0.211 e. The first-order chi connectivity index (χ1) is 7.89. The Morgan fingerprint density at radius 1 is 1.53 bits per heavy atom. The second-order valence-corrected chi connectivity index (χ2v) is 7.31. The molecule has 0 spiro atoms. The minimum absolute atomic E-state index is 0.144. The van der Waals surface area contributed by atoms with Gasteiger partial charge >= 0.3 is 0 Å². The van der Waals surface area contributed by atoms with Crippen LogP contribution in [0.5, 0.6) is 0 Å². The molecule has 6 heteroatoms. The summed E-state index contributed by atoms with van der Waals surface area (Å²) in [6, 6.07) is 5.55. The van der Waals surface area contributed by atoms with Crippen molar-refractivity contribution in [1.29, 1.82) is 5.26 Å². The van der Waals surface area contributed by atoms with Gasteiger partial charge in [0.25, 0.3) is 0 Å². The van der Waals surface area contributed by atoms with Crippen LogP contribution in [0.3, 0.4) is 0 Å². The zero-order valence-corrected chi connectivity index (χ0v) is 11.8. The van der Waals surface area contributed by atoms with E-state index in [9.17, 15) is 8.42 Å². The van der Waals surface area contributed by atoms with E-state index in [1.165, 1.54) is 18.3 Å². The van der Waals surface area contributed by atoms with Gasteiger partial charge < -0.3 is 0 Å². The SMILES string of the molecule is CC(Cc1cccs1)N(C)S(=O)(=O)C(C)C#N. The Morgan fingerprint density at radius 2 is 2.18 bits per heavy atom. The molecular weight excluding hydrogens is 256 g/mol.